The number of aromatic nitrogens is 1. The Morgan fingerprint density at radius 1 is 1.30 bits per heavy atom. The molecule has 1 atom stereocenters. The van der Waals surface area contributed by atoms with Crippen LogP contribution < -0.4 is 19.2 Å². The van der Waals surface area contributed by atoms with Gasteiger partial charge in [0.2, 0.25) is 15.9 Å². The molecule has 3 aromatic rings. The highest BCUT2D eigenvalue weighted by molar-refractivity contribution is 7.92. The molecule has 0 spiro atoms. The molecule has 0 fully saturated rings. The average Bonchev–Trinajstić information content (AvgIpc) is 3.03. The van der Waals surface area contributed by atoms with Crippen LogP contribution in [-0.2, 0) is 21.9 Å². The summed E-state index contributed by atoms with van der Waals surface area (Å²) in [7, 11) is -1.11. The molecule has 0 radical (unpaired) electrons. The molecule has 0 aliphatic rings. The Balaban J connectivity index is 2.04. The van der Waals surface area contributed by atoms with E-state index in [2.05, 4.69) is 5.32 Å². The van der Waals surface area contributed by atoms with Crippen LogP contribution in [0.2, 0.25) is 0 Å². The predicted molar refractivity (Wildman–Crippen MR) is 127 cm³/mol. The van der Waals surface area contributed by atoms with Crippen molar-refractivity contribution < 1.29 is 22.9 Å². The Labute approximate surface area is 193 Å². The number of rotatable bonds is 8. The molecule has 2 aromatic carbocycles. The van der Waals surface area contributed by atoms with Gasteiger partial charge in [-0.25, -0.2) is 8.42 Å². The molecule has 1 N–H and O–H groups in total. The molecule has 1 aromatic heterocycles. The summed E-state index contributed by atoms with van der Waals surface area (Å²) in [5, 5.41) is 14.0. The van der Waals surface area contributed by atoms with Gasteiger partial charge in [0.15, 0.2) is 0 Å². The molecule has 11 nitrogen and oxygen atoms in total. The van der Waals surface area contributed by atoms with Crippen molar-refractivity contribution in [1.82, 2.24) is 4.57 Å². The Hall–Kier alpha value is -3.45. The second-order valence-electron chi connectivity index (χ2n) is 7.19. The number of hydrogen-bond donors (Lipinski definition) is 1. The Morgan fingerprint density at radius 2 is 2.00 bits per heavy atom. The number of methoxy groups -OCH3 is 1. The summed E-state index contributed by atoms with van der Waals surface area (Å²) in [5.41, 5.74) is 0.619. The van der Waals surface area contributed by atoms with Crippen LogP contribution in [0.4, 0.5) is 17.1 Å². The SMILES string of the molecule is CC[C@H](C(=O)Nc1ccc2c(c1)sc(=O)n2C)N(c1cc([N+](=O)[O-])ccc1OC)S(C)(=O)=O. The Kier molecular flexibility index (Phi) is 6.74. The molecule has 13 heteroatoms. The maximum absolute atomic E-state index is 13.2. The van der Waals surface area contributed by atoms with Crippen molar-refractivity contribution in [2.24, 2.45) is 7.05 Å². The summed E-state index contributed by atoms with van der Waals surface area (Å²) < 4.78 is 33.7. The van der Waals surface area contributed by atoms with E-state index in [1.807, 2.05) is 0 Å². The third-order valence-electron chi connectivity index (χ3n) is 5.00. The minimum Gasteiger partial charge on any atom is -0.495 e. The van der Waals surface area contributed by atoms with Crippen molar-refractivity contribution in [1.29, 1.82) is 0 Å². The van der Waals surface area contributed by atoms with Gasteiger partial charge in [0.25, 0.3) is 5.69 Å². The monoisotopic (exact) mass is 494 g/mol. The zero-order valence-electron chi connectivity index (χ0n) is 18.3. The number of fused-ring (bicyclic) bond motifs is 1. The summed E-state index contributed by atoms with van der Waals surface area (Å²) in [4.78, 5) is 35.5. The number of carbonyl (C=O) groups excluding carboxylic acids is 1. The number of amides is 1. The molecule has 3 rings (SSSR count). The standard InChI is InChI=1S/C20H22N4O7S2/c1-5-14(19(25)21-12-6-8-15-18(10-12)32-20(26)22(15)2)23(33(4,29)30)16-11-13(24(27)28)7-9-17(16)31-3/h6-11,14H,5H2,1-4H3,(H,21,25)/t14-/m1/s1. The van der Waals surface area contributed by atoms with Crippen molar-refractivity contribution in [3.05, 3.63) is 56.2 Å². The number of anilines is 2. The number of nitrogens with zero attached hydrogens (tertiary/aromatic N) is 3. The number of non-ortho nitro benzene ring substituents is 1. The first-order valence-electron chi connectivity index (χ1n) is 9.70. The molecule has 1 heterocycles. The zero-order chi connectivity index (χ0) is 24.5. The quantitative estimate of drug-likeness (QED) is 0.375. The largest absolute Gasteiger partial charge is 0.495 e. The van der Waals surface area contributed by atoms with Gasteiger partial charge in [-0.2, -0.15) is 0 Å². The van der Waals surface area contributed by atoms with E-state index < -0.39 is 26.9 Å². The van der Waals surface area contributed by atoms with Gasteiger partial charge in [0.1, 0.15) is 17.5 Å². The number of benzene rings is 2. The lowest BCUT2D eigenvalue weighted by molar-refractivity contribution is -0.384. The van der Waals surface area contributed by atoms with Crippen LogP contribution in [0, 0.1) is 10.1 Å². The predicted octanol–water partition coefficient (Wildman–Crippen LogP) is 2.70. The number of hydrogen-bond acceptors (Lipinski definition) is 8. The molecule has 33 heavy (non-hydrogen) atoms. The topological polar surface area (TPSA) is 141 Å². The third-order valence-corrected chi connectivity index (χ3v) is 7.16. The zero-order valence-corrected chi connectivity index (χ0v) is 19.9. The number of ether oxygens (including phenoxy) is 1. The fourth-order valence-corrected chi connectivity index (χ4v) is 5.56. The molecule has 1 amide bonds. The summed E-state index contributed by atoms with van der Waals surface area (Å²) in [6.45, 7) is 1.62. The lowest BCUT2D eigenvalue weighted by Crippen LogP contribution is -2.47. The lowest BCUT2D eigenvalue weighted by Gasteiger charge is -2.30. The van der Waals surface area contributed by atoms with Crippen LogP contribution in [0.15, 0.2) is 41.2 Å². The van der Waals surface area contributed by atoms with Crippen molar-refractivity contribution >= 4 is 54.5 Å². The highest BCUT2D eigenvalue weighted by Crippen LogP contribution is 2.36. The van der Waals surface area contributed by atoms with E-state index in [9.17, 15) is 28.1 Å². The summed E-state index contributed by atoms with van der Waals surface area (Å²) in [6.07, 6.45) is 0.986. The minimum atomic E-state index is -4.05. The molecule has 0 saturated carbocycles. The number of nitro groups is 1. The highest BCUT2D eigenvalue weighted by Gasteiger charge is 2.34. The van der Waals surface area contributed by atoms with Crippen molar-refractivity contribution in [3.8, 4) is 5.75 Å². The summed E-state index contributed by atoms with van der Waals surface area (Å²) in [5.74, 6) is -0.577. The fourth-order valence-electron chi connectivity index (χ4n) is 3.44. The van der Waals surface area contributed by atoms with Crippen molar-refractivity contribution in [2.75, 3.05) is 23.0 Å². The van der Waals surface area contributed by atoms with Crippen LogP contribution >= 0.6 is 11.3 Å². The smallest absolute Gasteiger partial charge is 0.307 e. The van der Waals surface area contributed by atoms with Gasteiger partial charge in [-0.05, 0) is 30.7 Å². The maximum atomic E-state index is 13.2. The maximum Gasteiger partial charge on any atom is 0.307 e. The van der Waals surface area contributed by atoms with Gasteiger partial charge in [0, 0.05) is 24.9 Å². The van der Waals surface area contributed by atoms with E-state index in [1.165, 1.54) is 23.8 Å². The molecular formula is C20H22N4O7S2. The minimum absolute atomic E-state index is 0.0627. The molecule has 176 valence electrons. The van der Waals surface area contributed by atoms with Crippen LogP contribution in [0.5, 0.6) is 5.75 Å². The van der Waals surface area contributed by atoms with Crippen molar-refractivity contribution in [3.63, 3.8) is 0 Å². The van der Waals surface area contributed by atoms with E-state index in [-0.39, 0.29) is 28.4 Å². The normalized spacial score (nSPS) is 12.4. The average molecular weight is 495 g/mol. The van der Waals surface area contributed by atoms with Gasteiger partial charge in [-0.15, -0.1) is 0 Å². The van der Waals surface area contributed by atoms with Gasteiger partial charge >= 0.3 is 4.87 Å². The third kappa shape index (κ3) is 4.83. The highest BCUT2D eigenvalue weighted by atomic mass is 32.2. The van der Waals surface area contributed by atoms with Crippen LogP contribution in [-0.4, -0.2) is 43.2 Å². The van der Waals surface area contributed by atoms with Crippen LogP contribution in [0.1, 0.15) is 13.3 Å². The van der Waals surface area contributed by atoms with E-state index in [0.29, 0.717) is 15.9 Å². The Bertz CT molecular complexity index is 1400. The van der Waals surface area contributed by atoms with Gasteiger partial charge in [-0.1, -0.05) is 18.3 Å². The molecule has 0 saturated heterocycles. The molecule has 0 aliphatic heterocycles. The molecule has 0 unspecified atom stereocenters. The van der Waals surface area contributed by atoms with Crippen LogP contribution in [0.3, 0.4) is 0 Å². The number of sulfonamides is 1. The second-order valence-corrected chi connectivity index (χ2v) is 10.0. The van der Waals surface area contributed by atoms with Crippen molar-refractivity contribution in [2.45, 2.75) is 19.4 Å². The number of nitro benzene ring substituents is 1. The second kappa shape index (κ2) is 9.19. The molecule has 0 bridgehead atoms. The number of aryl methyl sites for hydroxylation is 1. The fraction of sp³-hybridized carbons (Fsp3) is 0.300. The first-order valence-corrected chi connectivity index (χ1v) is 12.4. The van der Waals surface area contributed by atoms with Gasteiger partial charge in [-0.3, -0.25) is 24.0 Å². The molecule has 0 aliphatic carbocycles. The van der Waals surface area contributed by atoms with E-state index >= 15 is 0 Å². The first-order chi connectivity index (χ1) is 15.5. The Morgan fingerprint density at radius 3 is 2.58 bits per heavy atom. The van der Waals surface area contributed by atoms with E-state index in [0.717, 1.165) is 28.0 Å². The van der Waals surface area contributed by atoms with Gasteiger partial charge < -0.3 is 14.6 Å². The number of nitrogens with one attached hydrogen (secondary N) is 1. The number of thiazole rings is 1. The van der Waals surface area contributed by atoms with Crippen LogP contribution in [0.25, 0.3) is 10.2 Å². The van der Waals surface area contributed by atoms with E-state index in [1.54, 1.807) is 32.2 Å². The first kappa shape index (κ1) is 24.2. The summed E-state index contributed by atoms with van der Waals surface area (Å²) in [6, 6.07) is 7.22. The lowest BCUT2D eigenvalue weighted by atomic mass is 10.1. The summed E-state index contributed by atoms with van der Waals surface area (Å²) >= 11 is 1.02. The number of carbonyl (C=O) groups is 1. The van der Waals surface area contributed by atoms with E-state index in [4.69, 9.17) is 4.74 Å². The molecular weight excluding hydrogens is 472 g/mol. The van der Waals surface area contributed by atoms with Gasteiger partial charge in [0.05, 0.1) is 28.5 Å².